The summed E-state index contributed by atoms with van der Waals surface area (Å²) in [5.41, 5.74) is 10.4. The lowest BCUT2D eigenvalue weighted by Crippen LogP contribution is -2.47. The minimum absolute atomic E-state index is 0.183. The van der Waals surface area contributed by atoms with Crippen molar-refractivity contribution in [1.82, 2.24) is 14.9 Å². The number of nitrogens with one attached hydrogen (secondary N) is 1. The van der Waals surface area contributed by atoms with Gasteiger partial charge in [-0.3, -0.25) is 4.79 Å². The first-order valence-corrected chi connectivity index (χ1v) is 11.3. The van der Waals surface area contributed by atoms with Gasteiger partial charge in [-0.25, -0.2) is 4.98 Å². The van der Waals surface area contributed by atoms with Gasteiger partial charge in [0.05, 0.1) is 47.7 Å². The van der Waals surface area contributed by atoms with Crippen molar-refractivity contribution < 1.29 is 14.6 Å². The lowest BCUT2D eigenvalue weighted by Gasteiger charge is -2.31. The molecule has 3 aromatic rings. The van der Waals surface area contributed by atoms with Crippen molar-refractivity contribution in [3.8, 4) is 23.8 Å². The van der Waals surface area contributed by atoms with Crippen LogP contribution in [0.25, 0.3) is 0 Å². The van der Waals surface area contributed by atoms with Crippen LogP contribution in [-0.2, 0) is 17.8 Å². The van der Waals surface area contributed by atoms with Gasteiger partial charge >= 0.3 is 0 Å². The first kappa shape index (κ1) is 24.6. The number of hydrogen-bond acceptors (Lipinski definition) is 9. The van der Waals surface area contributed by atoms with Crippen molar-refractivity contribution in [2.24, 2.45) is 5.73 Å². The second-order valence-corrected chi connectivity index (χ2v) is 8.54. The molecule has 10 nitrogen and oxygen atoms in total. The van der Waals surface area contributed by atoms with Crippen molar-refractivity contribution in [3.63, 3.8) is 0 Å². The molecule has 4 rings (SSSR count). The number of aryl methyl sites for hydroxylation is 2. The lowest BCUT2D eigenvalue weighted by atomic mass is 10.0. The fourth-order valence-corrected chi connectivity index (χ4v) is 4.05. The predicted molar refractivity (Wildman–Crippen MR) is 131 cm³/mol. The number of fused-ring (bicyclic) bond motifs is 1. The van der Waals surface area contributed by atoms with Gasteiger partial charge in [0, 0.05) is 18.7 Å². The summed E-state index contributed by atoms with van der Waals surface area (Å²) in [6.07, 6.45) is 0.450. The standard InChI is InChI=1S/C26H25N7O3/c1-15-9-18(12-28)10-16(2)23(15)36-24-20-13-33(25(35)21(29)14-34)8-7-22(20)31-26(32-24)30-19-5-3-17(11-27)4-6-19/h3-6,9-10,21,34H,7-8,13-14,29H2,1-2H3,(H,30,31,32). The Labute approximate surface area is 208 Å². The minimum atomic E-state index is -1.00. The van der Waals surface area contributed by atoms with E-state index in [0.717, 1.165) is 16.8 Å². The summed E-state index contributed by atoms with van der Waals surface area (Å²) in [6, 6.07) is 13.6. The maximum atomic E-state index is 12.6. The molecule has 182 valence electrons. The second-order valence-electron chi connectivity index (χ2n) is 8.54. The van der Waals surface area contributed by atoms with E-state index in [1.807, 2.05) is 13.8 Å². The van der Waals surface area contributed by atoms with E-state index in [1.54, 1.807) is 41.3 Å². The number of anilines is 2. The number of carbonyl (C=O) groups is 1. The van der Waals surface area contributed by atoms with Crippen LogP contribution in [0.15, 0.2) is 36.4 Å². The van der Waals surface area contributed by atoms with Gasteiger partial charge in [0.2, 0.25) is 17.7 Å². The zero-order valence-corrected chi connectivity index (χ0v) is 19.9. The number of aliphatic hydroxyl groups is 1. The van der Waals surface area contributed by atoms with E-state index in [9.17, 15) is 15.2 Å². The summed E-state index contributed by atoms with van der Waals surface area (Å²) in [5, 5.41) is 30.8. The summed E-state index contributed by atoms with van der Waals surface area (Å²) < 4.78 is 6.31. The number of carbonyl (C=O) groups excluding carboxylic acids is 1. The fraction of sp³-hybridized carbons (Fsp3) is 0.269. The highest BCUT2D eigenvalue weighted by Crippen LogP contribution is 2.35. The summed E-state index contributed by atoms with van der Waals surface area (Å²) in [7, 11) is 0. The van der Waals surface area contributed by atoms with E-state index in [-0.39, 0.29) is 18.3 Å². The average Bonchev–Trinajstić information content (AvgIpc) is 2.89. The molecule has 1 aliphatic heterocycles. The molecule has 2 heterocycles. The summed E-state index contributed by atoms with van der Waals surface area (Å²) in [5.74, 6) is 0.792. The van der Waals surface area contributed by atoms with Crippen LogP contribution >= 0.6 is 0 Å². The minimum Gasteiger partial charge on any atom is -0.438 e. The molecule has 1 unspecified atom stereocenters. The van der Waals surface area contributed by atoms with E-state index >= 15 is 0 Å². The molecule has 10 heteroatoms. The van der Waals surface area contributed by atoms with Crippen molar-refractivity contribution in [2.75, 3.05) is 18.5 Å². The van der Waals surface area contributed by atoms with Crippen LogP contribution in [-0.4, -0.2) is 45.1 Å². The van der Waals surface area contributed by atoms with Gasteiger partial charge in [-0.15, -0.1) is 0 Å². The summed E-state index contributed by atoms with van der Waals surface area (Å²) >= 11 is 0. The van der Waals surface area contributed by atoms with Crippen LogP contribution in [0.1, 0.15) is 33.5 Å². The number of hydrogen-bond donors (Lipinski definition) is 3. The first-order valence-electron chi connectivity index (χ1n) is 11.3. The van der Waals surface area contributed by atoms with E-state index < -0.39 is 12.6 Å². The Balaban J connectivity index is 1.74. The smallest absolute Gasteiger partial charge is 0.242 e. The van der Waals surface area contributed by atoms with E-state index in [4.69, 9.17) is 15.7 Å². The first-order chi connectivity index (χ1) is 17.3. The van der Waals surface area contributed by atoms with Gasteiger partial charge in [0.1, 0.15) is 11.8 Å². The van der Waals surface area contributed by atoms with Crippen molar-refractivity contribution in [1.29, 1.82) is 10.5 Å². The van der Waals surface area contributed by atoms with E-state index in [0.29, 0.717) is 47.0 Å². The number of ether oxygens (including phenoxy) is 1. The number of rotatable bonds is 6. The molecule has 36 heavy (non-hydrogen) atoms. The maximum absolute atomic E-state index is 12.6. The summed E-state index contributed by atoms with van der Waals surface area (Å²) in [4.78, 5) is 23.5. The van der Waals surface area contributed by atoms with Gasteiger partial charge in [0.25, 0.3) is 0 Å². The summed E-state index contributed by atoms with van der Waals surface area (Å²) in [6.45, 7) is 3.83. The number of nitriles is 2. The van der Waals surface area contributed by atoms with Crippen molar-refractivity contribution >= 4 is 17.5 Å². The largest absolute Gasteiger partial charge is 0.438 e. The fourth-order valence-electron chi connectivity index (χ4n) is 4.05. The van der Waals surface area contributed by atoms with Crippen molar-refractivity contribution in [2.45, 2.75) is 32.9 Å². The molecular weight excluding hydrogens is 458 g/mol. The Morgan fingerprint density at radius 1 is 1.17 bits per heavy atom. The van der Waals surface area contributed by atoms with Crippen LogP contribution < -0.4 is 15.8 Å². The highest BCUT2D eigenvalue weighted by atomic mass is 16.5. The molecule has 0 saturated carbocycles. The average molecular weight is 484 g/mol. The molecule has 0 spiro atoms. The molecule has 4 N–H and O–H groups in total. The lowest BCUT2D eigenvalue weighted by molar-refractivity contribution is -0.134. The number of aromatic nitrogens is 2. The third kappa shape index (κ3) is 5.10. The Kier molecular flexibility index (Phi) is 7.11. The quantitative estimate of drug-likeness (QED) is 0.478. The molecule has 0 saturated heterocycles. The third-order valence-electron chi connectivity index (χ3n) is 5.91. The van der Waals surface area contributed by atoms with E-state index in [1.165, 1.54) is 0 Å². The van der Waals surface area contributed by atoms with Crippen LogP contribution in [0.3, 0.4) is 0 Å². The Hall–Kier alpha value is -4.51. The van der Waals surface area contributed by atoms with E-state index in [2.05, 4.69) is 27.4 Å². The van der Waals surface area contributed by atoms with Crippen LogP contribution in [0.2, 0.25) is 0 Å². The Morgan fingerprint density at radius 2 is 1.83 bits per heavy atom. The topological polar surface area (TPSA) is 161 Å². The molecule has 1 amide bonds. The molecule has 2 aromatic carbocycles. The highest BCUT2D eigenvalue weighted by molar-refractivity contribution is 5.82. The molecule has 0 bridgehead atoms. The molecule has 1 aliphatic rings. The molecule has 1 aromatic heterocycles. The monoisotopic (exact) mass is 483 g/mol. The third-order valence-corrected chi connectivity index (χ3v) is 5.91. The molecule has 0 radical (unpaired) electrons. The van der Waals surface area contributed by atoms with Gasteiger partial charge < -0.3 is 25.8 Å². The number of amides is 1. The molecule has 0 aliphatic carbocycles. The number of aliphatic hydroxyl groups excluding tert-OH is 1. The van der Waals surface area contributed by atoms with Crippen molar-refractivity contribution in [3.05, 3.63) is 69.9 Å². The van der Waals surface area contributed by atoms with Gasteiger partial charge in [-0.1, -0.05) is 0 Å². The molecular formula is C26H25N7O3. The Bertz CT molecular complexity index is 1370. The van der Waals surface area contributed by atoms with Crippen LogP contribution in [0, 0.1) is 36.5 Å². The Morgan fingerprint density at radius 3 is 2.44 bits per heavy atom. The highest BCUT2D eigenvalue weighted by Gasteiger charge is 2.29. The number of nitrogens with zero attached hydrogens (tertiary/aromatic N) is 5. The van der Waals surface area contributed by atoms with Crippen LogP contribution in [0.5, 0.6) is 11.6 Å². The zero-order valence-electron chi connectivity index (χ0n) is 19.9. The maximum Gasteiger partial charge on any atom is 0.242 e. The van der Waals surface area contributed by atoms with Crippen LogP contribution in [0.4, 0.5) is 11.6 Å². The molecule has 1 atom stereocenters. The predicted octanol–water partition coefficient (Wildman–Crippen LogP) is 2.58. The SMILES string of the molecule is Cc1cc(C#N)cc(C)c1Oc1nc(Nc2ccc(C#N)cc2)nc2c1CN(C(=O)C(N)CO)CC2. The second kappa shape index (κ2) is 10.4. The normalized spacial score (nSPS) is 13.2. The van der Waals surface area contributed by atoms with Gasteiger partial charge in [-0.2, -0.15) is 15.5 Å². The number of nitrogens with two attached hydrogens (primary N) is 1. The number of benzene rings is 2. The molecule has 0 fully saturated rings. The van der Waals surface area contributed by atoms with Gasteiger partial charge in [0.15, 0.2) is 0 Å². The zero-order chi connectivity index (χ0) is 25.8. The van der Waals surface area contributed by atoms with Gasteiger partial charge in [-0.05, 0) is 61.4 Å².